The second kappa shape index (κ2) is 6.36. The molecule has 16 heavy (non-hydrogen) atoms. The Morgan fingerprint density at radius 1 is 1.31 bits per heavy atom. The molecule has 0 saturated heterocycles. The zero-order chi connectivity index (χ0) is 12.1. The molecule has 1 nitrogen and oxygen atoms in total. The monoisotopic (exact) mass is 288 g/mol. The van der Waals surface area contributed by atoms with Crippen LogP contribution in [0, 0.1) is 11.7 Å². The van der Waals surface area contributed by atoms with Crippen molar-refractivity contribution in [1.82, 2.24) is 0 Å². The number of benzene rings is 1. The van der Waals surface area contributed by atoms with Crippen LogP contribution in [0.1, 0.15) is 44.8 Å². The summed E-state index contributed by atoms with van der Waals surface area (Å²) in [4.78, 5) is 0. The van der Waals surface area contributed by atoms with Gasteiger partial charge in [-0.1, -0.05) is 32.8 Å². The second-order valence-corrected chi connectivity index (χ2v) is 4.96. The zero-order valence-corrected chi connectivity index (χ0v) is 11.3. The van der Waals surface area contributed by atoms with Gasteiger partial charge in [-0.2, -0.15) is 0 Å². The summed E-state index contributed by atoms with van der Waals surface area (Å²) in [6, 6.07) is 4.69. The Bertz CT molecular complexity index is 337. The van der Waals surface area contributed by atoms with Crippen molar-refractivity contribution in [3.63, 3.8) is 0 Å². The molecular weight excluding hydrogens is 271 g/mol. The number of aliphatic hydroxyl groups excluding tert-OH is 1. The summed E-state index contributed by atoms with van der Waals surface area (Å²) in [5, 5.41) is 10.0. The minimum Gasteiger partial charge on any atom is -0.388 e. The highest BCUT2D eigenvalue weighted by molar-refractivity contribution is 9.10. The SMILES string of the molecule is CCC(CC)CC(O)c1ccc(F)c(Br)c1. The smallest absolute Gasteiger partial charge is 0.137 e. The molecule has 90 valence electrons. The fourth-order valence-electron chi connectivity index (χ4n) is 1.79. The summed E-state index contributed by atoms with van der Waals surface area (Å²) >= 11 is 3.13. The van der Waals surface area contributed by atoms with E-state index in [0.717, 1.165) is 24.8 Å². The molecule has 1 unspecified atom stereocenters. The van der Waals surface area contributed by atoms with Crippen LogP contribution < -0.4 is 0 Å². The molecule has 0 radical (unpaired) electrons. The van der Waals surface area contributed by atoms with Crippen LogP contribution >= 0.6 is 15.9 Å². The molecule has 1 aromatic rings. The lowest BCUT2D eigenvalue weighted by molar-refractivity contribution is 0.141. The molecule has 0 fully saturated rings. The summed E-state index contributed by atoms with van der Waals surface area (Å²) < 4.78 is 13.4. The Hall–Kier alpha value is -0.410. The molecule has 0 aliphatic rings. The third-order valence-corrected chi connectivity index (χ3v) is 3.65. The van der Waals surface area contributed by atoms with E-state index in [2.05, 4.69) is 29.8 Å². The van der Waals surface area contributed by atoms with Crippen molar-refractivity contribution in [3.8, 4) is 0 Å². The van der Waals surface area contributed by atoms with Gasteiger partial charge in [0.2, 0.25) is 0 Å². The standard InChI is InChI=1S/C13H18BrFO/c1-3-9(4-2)7-13(16)10-5-6-12(15)11(14)8-10/h5-6,8-9,13,16H,3-4,7H2,1-2H3. The average molecular weight is 289 g/mol. The molecule has 3 heteroatoms. The normalized spacial score (nSPS) is 13.1. The van der Waals surface area contributed by atoms with Gasteiger partial charge in [0.1, 0.15) is 5.82 Å². The summed E-state index contributed by atoms with van der Waals surface area (Å²) in [5.74, 6) is 0.234. The maximum atomic E-state index is 13.0. The van der Waals surface area contributed by atoms with Gasteiger partial charge in [-0.15, -0.1) is 0 Å². The van der Waals surface area contributed by atoms with E-state index in [-0.39, 0.29) is 5.82 Å². The summed E-state index contributed by atoms with van der Waals surface area (Å²) in [6.45, 7) is 4.25. The first kappa shape index (κ1) is 13.7. The van der Waals surface area contributed by atoms with Gasteiger partial charge >= 0.3 is 0 Å². The Kier molecular flexibility index (Phi) is 5.42. The third kappa shape index (κ3) is 3.56. The van der Waals surface area contributed by atoms with Crippen LogP contribution in [-0.2, 0) is 0 Å². The molecule has 0 bridgehead atoms. The number of halogens is 2. The van der Waals surface area contributed by atoms with Crippen LogP contribution in [0.3, 0.4) is 0 Å². The van der Waals surface area contributed by atoms with Crippen LogP contribution in [0.2, 0.25) is 0 Å². The summed E-state index contributed by atoms with van der Waals surface area (Å²) in [6.07, 6.45) is 2.37. The quantitative estimate of drug-likeness (QED) is 0.849. The Morgan fingerprint density at radius 3 is 2.44 bits per heavy atom. The molecule has 0 aliphatic heterocycles. The van der Waals surface area contributed by atoms with E-state index in [4.69, 9.17) is 0 Å². The topological polar surface area (TPSA) is 20.2 Å². The molecule has 1 rings (SSSR count). The Morgan fingerprint density at radius 2 is 1.94 bits per heavy atom. The van der Waals surface area contributed by atoms with Crippen molar-refractivity contribution >= 4 is 15.9 Å². The largest absolute Gasteiger partial charge is 0.388 e. The van der Waals surface area contributed by atoms with E-state index in [1.807, 2.05) is 0 Å². The van der Waals surface area contributed by atoms with E-state index >= 15 is 0 Å². The molecule has 0 aliphatic carbocycles. The van der Waals surface area contributed by atoms with Crippen molar-refractivity contribution < 1.29 is 9.50 Å². The molecule has 1 aromatic carbocycles. The highest BCUT2D eigenvalue weighted by atomic mass is 79.9. The molecule has 0 heterocycles. The maximum absolute atomic E-state index is 13.0. The minimum absolute atomic E-state index is 0.293. The number of aliphatic hydroxyl groups is 1. The molecule has 0 saturated carbocycles. The fraction of sp³-hybridized carbons (Fsp3) is 0.538. The van der Waals surface area contributed by atoms with Crippen molar-refractivity contribution in [2.75, 3.05) is 0 Å². The first-order valence-corrected chi connectivity index (χ1v) is 6.50. The maximum Gasteiger partial charge on any atom is 0.137 e. The first-order chi connectivity index (χ1) is 7.58. The molecule has 0 spiro atoms. The van der Waals surface area contributed by atoms with Crippen LogP contribution in [0.4, 0.5) is 4.39 Å². The first-order valence-electron chi connectivity index (χ1n) is 5.71. The van der Waals surface area contributed by atoms with Gasteiger partial charge < -0.3 is 5.11 Å². The van der Waals surface area contributed by atoms with Crippen LogP contribution in [0.25, 0.3) is 0 Å². The fourth-order valence-corrected chi connectivity index (χ4v) is 2.19. The van der Waals surface area contributed by atoms with Gasteiger partial charge in [-0.25, -0.2) is 4.39 Å². The van der Waals surface area contributed by atoms with Gasteiger partial charge in [0, 0.05) is 0 Å². The molecule has 1 N–H and O–H groups in total. The average Bonchev–Trinajstić information content (AvgIpc) is 2.29. The van der Waals surface area contributed by atoms with E-state index in [1.54, 1.807) is 12.1 Å². The van der Waals surface area contributed by atoms with Gasteiger partial charge in [0.05, 0.1) is 10.6 Å². The van der Waals surface area contributed by atoms with Gasteiger partial charge in [0.15, 0.2) is 0 Å². The van der Waals surface area contributed by atoms with E-state index in [1.165, 1.54) is 6.07 Å². The van der Waals surface area contributed by atoms with Crippen LogP contribution in [-0.4, -0.2) is 5.11 Å². The van der Waals surface area contributed by atoms with Gasteiger partial charge in [-0.3, -0.25) is 0 Å². The van der Waals surface area contributed by atoms with Crippen molar-refractivity contribution in [3.05, 3.63) is 34.1 Å². The van der Waals surface area contributed by atoms with Gasteiger partial charge in [-0.05, 0) is 46.0 Å². The van der Waals surface area contributed by atoms with Gasteiger partial charge in [0.25, 0.3) is 0 Å². The summed E-state index contributed by atoms with van der Waals surface area (Å²) in [5.41, 5.74) is 0.778. The number of rotatable bonds is 5. The second-order valence-electron chi connectivity index (χ2n) is 4.11. The highest BCUT2D eigenvalue weighted by Crippen LogP contribution is 2.27. The third-order valence-electron chi connectivity index (χ3n) is 3.04. The molecule has 0 amide bonds. The highest BCUT2D eigenvalue weighted by Gasteiger charge is 2.14. The van der Waals surface area contributed by atoms with E-state index in [9.17, 15) is 9.50 Å². The predicted octanol–water partition coefficient (Wildman–Crippen LogP) is 4.45. The van der Waals surface area contributed by atoms with Crippen LogP contribution in [0.15, 0.2) is 22.7 Å². The minimum atomic E-state index is -0.498. The lowest BCUT2D eigenvalue weighted by Gasteiger charge is -2.17. The van der Waals surface area contributed by atoms with Crippen LogP contribution in [0.5, 0.6) is 0 Å². The van der Waals surface area contributed by atoms with Crippen molar-refractivity contribution in [2.45, 2.75) is 39.2 Å². The molecule has 0 aromatic heterocycles. The van der Waals surface area contributed by atoms with E-state index < -0.39 is 6.10 Å². The van der Waals surface area contributed by atoms with E-state index in [0.29, 0.717) is 10.4 Å². The predicted molar refractivity (Wildman–Crippen MR) is 67.7 cm³/mol. The summed E-state index contributed by atoms with van der Waals surface area (Å²) in [7, 11) is 0. The van der Waals surface area contributed by atoms with Crippen molar-refractivity contribution in [2.24, 2.45) is 5.92 Å². The number of hydrogen-bond donors (Lipinski definition) is 1. The molecular formula is C13H18BrFO. The molecule has 1 atom stereocenters. The Labute approximate surface area is 105 Å². The lowest BCUT2D eigenvalue weighted by Crippen LogP contribution is -2.06. The Balaban J connectivity index is 2.72. The van der Waals surface area contributed by atoms with Crippen molar-refractivity contribution in [1.29, 1.82) is 0 Å². The lowest BCUT2D eigenvalue weighted by atomic mass is 9.93. The number of hydrogen-bond acceptors (Lipinski definition) is 1. The zero-order valence-electron chi connectivity index (χ0n) is 9.71.